The van der Waals surface area contributed by atoms with Gasteiger partial charge in [0, 0.05) is 17.5 Å². The topological polar surface area (TPSA) is 48.0 Å². The van der Waals surface area contributed by atoms with Crippen LogP contribution in [0.3, 0.4) is 0 Å². The quantitative estimate of drug-likeness (QED) is 0.123. The van der Waals surface area contributed by atoms with Crippen molar-refractivity contribution in [2.24, 2.45) is 0 Å². The van der Waals surface area contributed by atoms with E-state index in [0.29, 0.717) is 13.1 Å². The van der Waals surface area contributed by atoms with E-state index in [2.05, 4.69) is 104 Å². The molecule has 0 aliphatic carbocycles. The standard InChI is InChI=1S/C33H44INO4Si/c1-32(2,3)38-31(36)35(24-26-18-20-27(37-7)21-19-26)25-28(22-23-34)39-40(33(4,5)6,29-14-10-8-11-15-29)30-16-12-9-13-17-30/h8-21,28H,22-25H2,1-7H3/t28-/m1/s1. The highest BCUT2D eigenvalue weighted by atomic mass is 127. The number of hydrogen-bond donors (Lipinski definition) is 0. The smallest absolute Gasteiger partial charge is 0.410 e. The van der Waals surface area contributed by atoms with Crippen LogP contribution in [-0.2, 0) is 15.7 Å². The molecule has 0 heterocycles. The molecule has 3 rings (SSSR count). The van der Waals surface area contributed by atoms with Crippen molar-refractivity contribution >= 4 is 47.4 Å². The van der Waals surface area contributed by atoms with Crippen LogP contribution < -0.4 is 15.1 Å². The minimum Gasteiger partial charge on any atom is -0.497 e. The molecule has 0 radical (unpaired) electrons. The van der Waals surface area contributed by atoms with E-state index in [1.807, 2.05) is 45.0 Å². The largest absolute Gasteiger partial charge is 0.497 e. The maximum atomic E-state index is 13.6. The van der Waals surface area contributed by atoms with Crippen molar-refractivity contribution in [3.63, 3.8) is 0 Å². The fourth-order valence-corrected chi connectivity index (χ4v) is 10.4. The molecule has 0 unspecified atom stereocenters. The van der Waals surface area contributed by atoms with Crippen LogP contribution in [0.25, 0.3) is 0 Å². The van der Waals surface area contributed by atoms with Crippen molar-refractivity contribution in [3.8, 4) is 5.75 Å². The lowest BCUT2D eigenvalue weighted by Crippen LogP contribution is -2.68. The van der Waals surface area contributed by atoms with E-state index in [0.717, 1.165) is 22.2 Å². The Morgan fingerprint density at radius 1 is 0.850 bits per heavy atom. The monoisotopic (exact) mass is 673 g/mol. The summed E-state index contributed by atoms with van der Waals surface area (Å²) in [6.07, 6.45) is 0.286. The molecule has 0 aliphatic heterocycles. The van der Waals surface area contributed by atoms with E-state index in [4.69, 9.17) is 13.9 Å². The summed E-state index contributed by atoms with van der Waals surface area (Å²) in [5, 5.41) is 2.30. The van der Waals surface area contributed by atoms with Crippen molar-refractivity contribution in [2.45, 2.75) is 71.3 Å². The van der Waals surface area contributed by atoms with Gasteiger partial charge in [0.2, 0.25) is 0 Å². The van der Waals surface area contributed by atoms with Gasteiger partial charge in [-0.2, -0.15) is 0 Å². The van der Waals surface area contributed by atoms with Crippen LogP contribution in [0, 0.1) is 0 Å². The zero-order valence-corrected chi connectivity index (χ0v) is 28.1. The molecule has 3 aromatic carbocycles. The van der Waals surface area contributed by atoms with Gasteiger partial charge in [-0.1, -0.05) is 116 Å². The molecule has 7 heteroatoms. The van der Waals surface area contributed by atoms with E-state index in [1.54, 1.807) is 12.0 Å². The summed E-state index contributed by atoms with van der Waals surface area (Å²) < 4.78 is 19.6. The van der Waals surface area contributed by atoms with Gasteiger partial charge in [-0.25, -0.2) is 4.79 Å². The second-order valence-corrected chi connectivity index (χ2v) is 17.4. The molecule has 3 aromatic rings. The second kappa shape index (κ2) is 14.0. The number of benzene rings is 3. The first-order chi connectivity index (χ1) is 18.9. The summed E-state index contributed by atoms with van der Waals surface area (Å²) in [6.45, 7) is 13.4. The summed E-state index contributed by atoms with van der Waals surface area (Å²) in [5.41, 5.74) is 0.401. The van der Waals surface area contributed by atoms with Crippen LogP contribution in [0.2, 0.25) is 5.04 Å². The van der Waals surface area contributed by atoms with Crippen LogP contribution in [0.4, 0.5) is 4.79 Å². The number of alkyl halides is 1. The van der Waals surface area contributed by atoms with Gasteiger partial charge in [0.1, 0.15) is 11.4 Å². The Morgan fingerprint density at radius 2 is 1.38 bits per heavy atom. The number of carbonyl (C=O) groups is 1. The van der Waals surface area contributed by atoms with Gasteiger partial charge in [-0.05, 0) is 60.3 Å². The van der Waals surface area contributed by atoms with Gasteiger partial charge < -0.3 is 18.8 Å². The van der Waals surface area contributed by atoms with E-state index >= 15 is 0 Å². The zero-order valence-electron chi connectivity index (χ0n) is 24.9. The summed E-state index contributed by atoms with van der Waals surface area (Å²) in [4.78, 5) is 15.4. The van der Waals surface area contributed by atoms with Crippen molar-refractivity contribution in [2.75, 3.05) is 18.1 Å². The second-order valence-electron chi connectivity index (χ2n) is 12.1. The number of methoxy groups -OCH3 is 1. The van der Waals surface area contributed by atoms with Gasteiger partial charge in [0.15, 0.2) is 0 Å². The lowest BCUT2D eigenvalue weighted by molar-refractivity contribution is 0.0140. The molecule has 0 aliphatic rings. The number of halogens is 1. The molecule has 0 bridgehead atoms. The minimum atomic E-state index is -2.80. The number of rotatable bonds is 11. The lowest BCUT2D eigenvalue weighted by Gasteiger charge is -2.46. The molecule has 0 spiro atoms. The van der Waals surface area contributed by atoms with Crippen LogP contribution in [0.1, 0.15) is 53.5 Å². The highest BCUT2D eigenvalue weighted by Crippen LogP contribution is 2.38. The first kappa shape index (κ1) is 32.2. The summed E-state index contributed by atoms with van der Waals surface area (Å²) >= 11 is 2.41. The number of carbonyl (C=O) groups excluding carboxylic acids is 1. The lowest BCUT2D eigenvalue weighted by atomic mass is 10.2. The van der Waals surface area contributed by atoms with Crippen molar-refractivity contribution in [1.82, 2.24) is 4.90 Å². The van der Waals surface area contributed by atoms with Crippen LogP contribution in [0.5, 0.6) is 5.75 Å². The van der Waals surface area contributed by atoms with Crippen molar-refractivity contribution in [3.05, 3.63) is 90.5 Å². The Hall–Kier alpha value is -2.36. The molecule has 0 N–H and O–H groups in total. The number of nitrogens with zero attached hydrogens (tertiary/aromatic N) is 1. The van der Waals surface area contributed by atoms with Gasteiger partial charge in [-0.15, -0.1) is 0 Å². The molecule has 0 saturated heterocycles. The highest BCUT2D eigenvalue weighted by Gasteiger charge is 2.51. The third-order valence-corrected chi connectivity index (χ3v) is 12.5. The summed E-state index contributed by atoms with van der Waals surface area (Å²) in [5.74, 6) is 0.783. The summed E-state index contributed by atoms with van der Waals surface area (Å²) in [6, 6.07) is 29.1. The van der Waals surface area contributed by atoms with Gasteiger partial charge >= 0.3 is 6.09 Å². The van der Waals surface area contributed by atoms with Crippen LogP contribution in [-0.4, -0.2) is 49.1 Å². The highest BCUT2D eigenvalue weighted by molar-refractivity contribution is 14.1. The first-order valence-electron chi connectivity index (χ1n) is 13.9. The normalized spacial score (nSPS) is 13.0. The number of ether oxygens (including phenoxy) is 2. The van der Waals surface area contributed by atoms with Crippen LogP contribution in [0.15, 0.2) is 84.9 Å². The SMILES string of the molecule is COc1ccc(CN(C[C@@H](CCI)O[Si](c2ccccc2)(c2ccccc2)C(C)(C)C)C(=O)OC(C)(C)C)cc1. The minimum absolute atomic E-state index is 0.161. The Labute approximate surface area is 255 Å². The third-order valence-electron chi connectivity index (χ3n) is 6.80. The summed E-state index contributed by atoms with van der Waals surface area (Å²) in [7, 11) is -1.15. The van der Waals surface area contributed by atoms with Crippen LogP contribution >= 0.6 is 22.6 Å². The van der Waals surface area contributed by atoms with E-state index in [9.17, 15) is 4.79 Å². The van der Waals surface area contributed by atoms with E-state index in [-0.39, 0.29) is 17.2 Å². The average molecular weight is 674 g/mol. The van der Waals surface area contributed by atoms with Crippen molar-refractivity contribution in [1.29, 1.82) is 0 Å². The van der Waals surface area contributed by atoms with Gasteiger partial charge in [0.05, 0.1) is 13.2 Å². The predicted octanol–water partition coefficient (Wildman–Crippen LogP) is 7.20. The number of hydrogen-bond acceptors (Lipinski definition) is 4. The molecule has 0 saturated carbocycles. The Bertz CT molecular complexity index is 1150. The Kier molecular flexibility index (Phi) is 11.3. The van der Waals surface area contributed by atoms with E-state index in [1.165, 1.54) is 10.4 Å². The van der Waals surface area contributed by atoms with E-state index < -0.39 is 13.9 Å². The van der Waals surface area contributed by atoms with Gasteiger partial charge in [0.25, 0.3) is 8.32 Å². The third kappa shape index (κ3) is 8.33. The molecule has 40 heavy (non-hydrogen) atoms. The molecular weight excluding hydrogens is 629 g/mol. The molecule has 1 atom stereocenters. The zero-order chi connectivity index (χ0) is 29.4. The molecule has 216 valence electrons. The fourth-order valence-electron chi connectivity index (χ4n) is 4.98. The maximum absolute atomic E-state index is 13.6. The number of amides is 1. The molecular formula is C33H44INO4Si. The fraction of sp³-hybridized carbons (Fsp3) is 0.424. The Morgan fingerprint density at radius 3 is 1.80 bits per heavy atom. The van der Waals surface area contributed by atoms with Crippen molar-refractivity contribution < 1.29 is 18.7 Å². The molecule has 0 aromatic heterocycles. The molecule has 5 nitrogen and oxygen atoms in total. The molecule has 1 amide bonds. The van der Waals surface area contributed by atoms with Gasteiger partial charge in [-0.3, -0.25) is 0 Å². The average Bonchev–Trinajstić information content (AvgIpc) is 2.91. The first-order valence-corrected chi connectivity index (χ1v) is 17.3. The molecule has 0 fully saturated rings. The Balaban J connectivity index is 2.05. The predicted molar refractivity (Wildman–Crippen MR) is 176 cm³/mol. The maximum Gasteiger partial charge on any atom is 0.410 e.